The molecule has 0 aliphatic rings. The number of benzene rings is 1. The fraction of sp³-hybridized carbons (Fsp3) is 0.333. The Morgan fingerprint density at radius 2 is 1.90 bits per heavy atom. The second kappa shape index (κ2) is 6.82. The van der Waals surface area contributed by atoms with Crippen LogP contribution in [0.2, 0.25) is 0 Å². The largest absolute Gasteiger partial charge is 0.506 e. The lowest BCUT2D eigenvalue weighted by Gasteiger charge is -2.10. The van der Waals surface area contributed by atoms with Crippen molar-refractivity contribution in [3.05, 3.63) is 23.8 Å². The van der Waals surface area contributed by atoms with Crippen LogP contribution in [-0.2, 0) is 0 Å². The van der Waals surface area contributed by atoms with Gasteiger partial charge in [0.25, 0.3) is 0 Å². The third-order valence-electron chi connectivity index (χ3n) is 2.42. The molecule has 0 fully saturated rings. The number of aromatic hydroxyl groups is 1. The van der Waals surface area contributed by atoms with Crippen molar-refractivity contribution in [2.24, 2.45) is 0 Å². The predicted octanol–water partition coefficient (Wildman–Crippen LogP) is 2.55. The Kier molecular flexibility index (Phi) is 5.39. The molecule has 4 N–H and O–H groups in total. The number of phenols is 1. The van der Waals surface area contributed by atoms with Crippen molar-refractivity contribution in [3.8, 4) is 5.75 Å². The number of alkyl halides is 3. The van der Waals surface area contributed by atoms with E-state index >= 15 is 0 Å². The zero-order valence-electron chi connectivity index (χ0n) is 10.7. The van der Waals surface area contributed by atoms with Gasteiger partial charge in [-0.15, -0.1) is 0 Å². The van der Waals surface area contributed by atoms with Gasteiger partial charge in [-0.2, -0.15) is 13.2 Å². The molecular formula is C12H13F3N2O4. The molecule has 21 heavy (non-hydrogen) atoms. The normalized spacial score (nSPS) is 11.0. The van der Waals surface area contributed by atoms with Gasteiger partial charge in [0, 0.05) is 13.0 Å². The molecule has 0 bridgehead atoms. The molecule has 0 heterocycles. The van der Waals surface area contributed by atoms with Crippen LogP contribution < -0.4 is 10.6 Å². The molecule has 0 spiro atoms. The number of carboxylic acid groups (broad SMARTS) is 1. The van der Waals surface area contributed by atoms with E-state index in [0.717, 1.165) is 6.07 Å². The zero-order chi connectivity index (χ0) is 16.0. The summed E-state index contributed by atoms with van der Waals surface area (Å²) in [7, 11) is 0. The molecule has 1 rings (SSSR count). The molecule has 0 atom stereocenters. The minimum absolute atomic E-state index is 0.0479. The number of phenolic OH excluding ortho intramolecular Hbond substituents is 1. The topological polar surface area (TPSA) is 98.7 Å². The Labute approximate surface area is 117 Å². The number of nitrogens with one attached hydrogen (secondary N) is 2. The van der Waals surface area contributed by atoms with E-state index < -0.39 is 30.3 Å². The molecule has 9 heteroatoms. The van der Waals surface area contributed by atoms with Crippen molar-refractivity contribution in [2.45, 2.75) is 19.0 Å². The highest BCUT2D eigenvalue weighted by atomic mass is 19.4. The van der Waals surface area contributed by atoms with Crippen molar-refractivity contribution >= 4 is 17.7 Å². The summed E-state index contributed by atoms with van der Waals surface area (Å²) in [6.07, 6.45) is -5.55. The molecule has 0 saturated carbocycles. The van der Waals surface area contributed by atoms with Gasteiger partial charge >= 0.3 is 18.2 Å². The van der Waals surface area contributed by atoms with Crippen LogP contribution in [-0.4, -0.2) is 34.9 Å². The second-order valence-electron chi connectivity index (χ2n) is 4.14. The number of urea groups is 1. The third kappa shape index (κ3) is 6.02. The van der Waals surface area contributed by atoms with E-state index in [1.807, 2.05) is 0 Å². The number of carbonyl (C=O) groups is 2. The first-order valence-corrected chi connectivity index (χ1v) is 5.87. The van der Waals surface area contributed by atoms with Crippen LogP contribution in [0.15, 0.2) is 18.2 Å². The number of hydrogen-bond acceptors (Lipinski definition) is 3. The number of rotatable bonds is 5. The smallest absolute Gasteiger partial charge is 0.389 e. The number of carbonyl (C=O) groups excluding carboxylic acids is 1. The quantitative estimate of drug-likeness (QED) is 0.496. The average molecular weight is 306 g/mol. The van der Waals surface area contributed by atoms with E-state index in [9.17, 15) is 27.9 Å². The highest BCUT2D eigenvalue weighted by molar-refractivity contribution is 5.93. The maximum atomic E-state index is 11.9. The van der Waals surface area contributed by atoms with E-state index in [2.05, 4.69) is 10.6 Å². The summed E-state index contributed by atoms with van der Waals surface area (Å²) in [6, 6.07) is 2.49. The molecule has 0 radical (unpaired) electrons. The van der Waals surface area contributed by atoms with Crippen LogP contribution >= 0.6 is 0 Å². The first-order valence-electron chi connectivity index (χ1n) is 5.87. The number of hydrogen-bond donors (Lipinski definition) is 4. The number of amides is 2. The predicted molar refractivity (Wildman–Crippen MR) is 67.4 cm³/mol. The fourth-order valence-corrected chi connectivity index (χ4v) is 1.43. The molecule has 0 aliphatic heterocycles. The van der Waals surface area contributed by atoms with Crippen molar-refractivity contribution in [1.82, 2.24) is 5.32 Å². The Hall–Kier alpha value is -2.45. The zero-order valence-corrected chi connectivity index (χ0v) is 10.7. The van der Waals surface area contributed by atoms with E-state index in [1.54, 1.807) is 0 Å². The molecule has 0 unspecified atom stereocenters. The Morgan fingerprint density at radius 3 is 2.43 bits per heavy atom. The molecule has 0 aromatic heterocycles. The van der Waals surface area contributed by atoms with Crippen LogP contribution in [0.5, 0.6) is 5.75 Å². The SMILES string of the molecule is O=C(NCCCC(F)(F)F)Nc1ccc(C(=O)O)cc1O. The Balaban J connectivity index is 2.46. The third-order valence-corrected chi connectivity index (χ3v) is 2.42. The first-order chi connectivity index (χ1) is 9.69. The van der Waals surface area contributed by atoms with E-state index in [0.29, 0.717) is 0 Å². The molecule has 0 aliphatic carbocycles. The monoisotopic (exact) mass is 306 g/mol. The maximum absolute atomic E-state index is 11.9. The Bertz CT molecular complexity index is 532. The van der Waals surface area contributed by atoms with Crippen molar-refractivity contribution in [3.63, 3.8) is 0 Å². The van der Waals surface area contributed by atoms with Crippen LogP contribution in [0, 0.1) is 0 Å². The number of halogens is 3. The molecule has 6 nitrogen and oxygen atoms in total. The van der Waals surface area contributed by atoms with Gasteiger partial charge in [0.05, 0.1) is 11.3 Å². The summed E-state index contributed by atoms with van der Waals surface area (Å²) < 4.78 is 35.6. The van der Waals surface area contributed by atoms with Gasteiger partial charge in [0.2, 0.25) is 0 Å². The minimum Gasteiger partial charge on any atom is -0.506 e. The van der Waals surface area contributed by atoms with Gasteiger partial charge in [-0.05, 0) is 24.6 Å². The summed E-state index contributed by atoms with van der Waals surface area (Å²) in [5.41, 5.74) is -0.211. The molecule has 0 saturated heterocycles. The van der Waals surface area contributed by atoms with Crippen LogP contribution in [0.25, 0.3) is 0 Å². The van der Waals surface area contributed by atoms with Gasteiger partial charge < -0.3 is 20.8 Å². The maximum Gasteiger partial charge on any atom is 0.389 e. The van der Waals surface area contributed by atoms with Crippen molar-refractivity contribution < 1.29 is 33.0 Å². The molecule has 116 valence electrons. The molecule has 1 aromatic carbocycles. The summed E-state index contributed by atoms with van der Waals surface area (Å²) in [4.78, 5) is 22.0. The van der Waals surface area contributed by atoms with Crippen molar-refractivity contribution in [2.75, 3.05) is 11.9 Å². The lowest BCUT2D eigenvalue weighted by molar-refractivity contribution is -0.135. The highest BCUT2D eigenvalue weighted by Gasteiger charge is 2.25. The molecule has 2 amide bonds. The van der Waals surface area contributed by atoms with Crippen molar-refractivity contribution in [1.29, 1.82) is 0 Å². The summed E-state index contributed by atoms with van der Waals surface area (Å²) in [5.74, 6) is -1.70. The number of carboxylic acids is 1. The Morgan fingerprint density at radius 1 is 1.24 bits per heavy atom. The summed E-state index contributed by atoms with van der Waals surface area (Å²) >= 11 is 0. The van der Waals surface area contributed by atoms with Gasteiger partial charge in [-0.25, -0.2) is 9.59 Å². The standard InChI is InChI=1S/C12H13F3N2O4/c13-12(14,15)4-1-5-16-11(21)17-8-3-2-7(10(19)20)6-9(8)18/h2-3,6,18H,1,4-5H2,(H,19,20)(H2,16,17,21). The van der Waals surface area contributed by atoms with Gasteiger partial charge in [0.15, 0.2) is 0 Å². The van der Waals surface area contributed by atoms with Gasteiger partial charge in [0.1, 0.15) is 5.75 Å². The van der Waals surface area contributed by atoms with Crippen LogP contribution in [0.1, 0.15) is 23.2 Å². The first kappa shape index (κ1) is 16.6. The van der Waals surface area contributed by atoms with Gasteiger partial charge in [-0.1, -0.05) is 0 Å². The minimum atomic E-state index is -4.27. The highest BCUT2D eigenvalue weighted by Crippen LogP contribution is 2.24. The van der Waals surface area contributed by atoms with E-state index in [4.69, 9.17) is 5.11 Å². The molecule has 1 aromatic rings. The molecular weight excluding hydrogens is 293 g/mol. The summed E-state index contributed by atoms with van der Waals surface area (Å²) in [6.45, 7) is -0.181. The van der Waals surface area contributed by atoms with E-state index in [1.165, 1.54) is 12.1 Å². The second-order valence-corrected chi connectivity index (χ2v) is 4.14. The van der Waals surface area contributed by atoms with Crippen LogP contribution in [0.4, 0.5) is 23.7 Å². The van der Waals surface area contributed by atoms with E-state index in [-0.39, 0.29) is 24.2 Å². The number of anilines is 1. The lowest BCUT2D eigenvalue weighted by Crippen LogP contribution is -2.30. The van der Waals surface area contributed by atoms with Gasteiger partial charge in [-0.3, -0.25) is 0 Å². The fourth-order valence-electron chi connectivity index (χ4n) is 1.43. The average Bonchev–Trinajstić information content (AvgIpc) is 2.36. The van der Waals surface area contributed by atoms with Crippen LogP contribution in [0.3, 0.4) is 0 Å². The lowest BCUT2D eigenvalue weighted by atomic mass is 10.2. The summed E-state index contributed by atoms with van der Waals surface area (Å²) in [5, 5.41) is 22.6. The number of aromatic carboxylic acids is 1.